The molecule has 0 radical (unpaired) electrons. The lowest BCUT2D eigenvalue weighted by atomic mass is 10.2. The third-order valence-electron chi connectivity index (χ3n) is 2.54. The van der Waals surface area contributed by atoms with Crippen LogP contribution in [0.3, 0.4) is 0 Å². The van der Waals surface area contributed by atoms with Crippen molar-refractivity contribution in [2.45, 2.75) is 6.92 Å². The van der Waals surface area contributed by atoms with Crippen molar-refractivity contribution in [1.82, 2.24) is 0 Å². The normalized spacial score (nSPS) is 10.6. The van der Waals surface area contributed by atoms with E-state index in [1.54, 1.807) is 6.21 Å². The van der Waals surface area contributed by atoms with Crippen LogP contribution in [-0.2, 0) is 0 Å². The van der Waals surface area contributed by atoms with Crippen LogP contribution in [-0.4, -0.2) is 6.21 Å². The molecule has 0 bridgehead atoms. The molecule has 0 aromatic heterocycles. The van der Waals surface area contributed by atoms with E-state index in [0.29, 0.717) is 0 Å². The molecule has 2 nitrogen and oxygen atoms in total. The number of benzene rings is 2. The second kappa shape index (κ2) is 8.11. The van der Waals surface area contributed by atoms with Gasteiger partial charge in [-0.1, -0.05) is 36.4 Å². The molecule has 0 atom stereocenters. The standard InChI is InChI=1S/C16H16N2.ClH/c1-14-8-5-6-11-16(14)18-13-7-12-17-15-9-3-2-4-10-15;/h2-13,17H,1H3;1H. The fraction of sp³-hybridized carbons (Fsp3) is 0.0625. The van der Waals surface area contributed by atoms with E-state index < -0.39 is 0 Å². The summed E-state index contributed by atoms with van der Waals surface area (Å²) >= 11 is 0. The van der Waals surface area contributed by atoms with Crippen molar-refractivity contribution in [1.29, 1.82) is 0 Å². The summed E-state index contributed by atoms with van der Waals surface area (Å²) in [5.74, 6) is 0. The van der Waals surface area contributed by atoms with E-state index >= 15 is 0 Å². The molecule has 0 unspecified atom stereocenters. The van der Waals surface area contributed by atoms with Gasteiger partial charge in [0.2, 0.25) is 0 Å². The van der Waals surface area contributed by atoms with Gasteiger partial charge in [-0.15, -0.1) is 12.4 Å². The molecule has 19 heavy (non-hydrogen) atoms. The van der Waals surface area contributed by atoms with Crippen LogP contribution in [0.25, 0.3) is 0 Å². The third-order valence-corrected chi connectivity index (χ3v) is 2.54. The average molecular weight is 273 g/mol. The Kier molecular flexibility index (Phi) is 6.41. The maximum absolute atomic E-state index is 4.39. The Morgan fingerprint density at radius 3 is 2.37 bits per heavy atom. The Morgan fingerprint density at radius 2 is 1.63 bits per heavy atom. The first-order valence-electron chi connectivity index (χ1n) is 5.93. The van der Waals surface area contributed by atoms with Crippen LogP contribution in [0.1, 0.15) is 5.56 Å². The molecular weight excluding hydrogens is 256 g/mol. The molecule has 0 saturated heterocycles. The van der Waals surface area contributed by atoms with E-state index in [1.807, 2.05) is 60.8 Å². The van der Waals surface area contributed by atoms with Gasteiger partial charge < -0.3 is 5.32 Å². The number of allylic oxidation sites excluding steroid dienone is 1. The van der Waals surface area contributed by atoms with Crippen molar-refractivity contribution in [2.24, 2.45) is 4.99 Å². The zero-order valence-corrected chi connectivity index (χ0v) is 11.6. The van der Waals surface area contributed by atoms with Gasteiger partial charge >= 0.3 is 0 Å². The molecule has 0 saturated carbocycles. The maximum atomic E-state index is 4.39. The van der Waals surface area contributed by atoms with Crippen molar-refractivity contribution in [3.63, 3.8) is 0 Å². The first kappa shape index (κ1) is 15.0. The minimum absolute atomic E-state index is 0. The zero-order valence-electron chi connectivity index (χ0n) is 10.8. The van der Waals surface area contributed by atoms with Crippen LogP contribution in [0.15, 0.2) is 71.9 Å². The Balaban J connectivity index is 0.00000180. The molecule has 2 aromatic rings. The number of nitrogens with zero attached hydrogens (tertiary/aromatic N) is 1. The van der Waals surface area contributed by atoms with Crippen LogP contribution in [0.5, 0.6) is 0 Å². The maximum Gasteiger partial charge on any atom is 0.0658 e. The molecule has 0 aliphatic heterocycles. The second-order valence-electron chi connectivity index (χ2n) is 3.93. The van der Waals surface area contributed by atoms with Gasteiger partial charge in [-0.25, -0.2) is 0 Å². The lowest BCUT2D eigenvalue weighted by Crippen LogP contribution is -1.85. The van der Waals surface area contributed by atoms with Crippen molar-refractivity contribution in [3.05, 3.63) is 72.4 Å². The van der Waals surface area contributed by atoms with Gasteiger partial charge in [-0.05, 0) is 36.8 Å². The van der Waals surface area contributed by atoms with E-state index in [0.717, 1.165) is 11.4 Å². The minimum Gasteiger partial charge on any atom is -0.362 e. The number of nitrogens with one attached hydrogen (secondary N) is 1. The van der Waals surface area contributed by atoms with Gasteiger partial charge in [-0.3, -0.25) is 4.99 Å². The predicted octanol–water partition coefficient (Wildman–Crippen LogP) is 4.74. The smallest absolute Gasteiger partial charge is 0.0658 e. The highest BCUT2D eigenvalue weighted by Gasteiger charge is 1.90. The van der Waals surface area contributed by atoms with E-state index in [4.69, 9.17) is 0 Å². The molecule has 0 spiro atoms. The van der Waals surface area contributed by atoms with Crippen molar-refractivity contribution in [3.8, 4) is 0 Å². The number of hydrogen-bond acceptors (Lipinski definition) is 2. The van der Waals surface area contributed by atoms with Crippen LogP contribution >= 0.6 is 12.4 Å². The SMILES string of the molecule is Cc1ccccc1N=CC=CNc1ccccc1.Cl. The van der Waals surface area contributed by atoms with Crippen molar-refractivity contribution >= 4 is 30.0 Å². The highest BCUT2D eigenvalue weighted by molar-refractivity contribution is 5.85. The zero-order chi connectivity index (χ0) is 12.6. The molecule has 0 aliphatic carbocycles. The summed E-state index contributed by atoms with van der Waals surface area (Å²) in [7, 11) is 0. The number of anilines is 1. The first-order valence-corrected chi connectivity index (χ1v) is 5.93. The quantitative estimate of drug-likeness (QED) is 0.799. The summed E-state index contributed by atoms with van der Waals surface area (Å²) in [5, 5.41) is 3.17. The molecule has 0 amide bonds. The third kappa shape index (κ3) is 4.98. The molecule has 2 rings (SSSR count). The van der Waals surface area contributed by atoms with Gasteiger partial charge in [0.1, 0.15) is 0 Å². The van der Waals surface area contributed by atoms with E-state index in [-0.39, 0.29) is 12.4 Å². The van der Waals surface area contributed by atoms with Crippen LogP contribution < -0.4 is 5.32 Å². The fourth-order valence-electron chi connectivity index (χ4n) is 1.55. The van der Waals surface area contributed by atoms with Gasteiger partial charge in [0.15, 0.2) is 0 Å². The Labute approximate surface area is 120 Å². The Bertz CT molecular complexity index is 548. The number of aryl methyl sites for hydroxylation is 1. The number of aliphatic imine (C=N–C) groups is 1. The van der Waals surface area contributed by atoms with Gasteiger partial charge in [0.05, 0.1) is 5.69 Å². The fourth-order valence-corrected chi connectivity index (χ4v) is 1.55. The summed E-state index contributed by atoms with van der Waals surface area (Å²) in [6.45, 7) is 2.05. The lowest BCUT2D eigenvalue weighted by molar-refractivity contribution is 1.41. The summed E-state index contributed by atoms with van der Waals surface area (Å²) < 4.78 is 0. The molecular formula is C16H17ClN2. The largest absolute Gasteiger partial charge is 0.362 e. The van der Waals surface area contributed by atoms with Crippen molar-refractivity contribution in [2.75, 3.05) is 5.32 Å². The molecule has 0 aliphatic rings. The number of rotatable bonds is 4. The topological polar surface area (TPSA) is 24.4 Å². The van der Waals surface area contributed by atoms with Crippen LogP contribution in [0.4, 0.5) is 11.4 Å². The summed E-state index contributed by atoms with van der Waals surface area (Å²) in [4.78, 5) is 4.39. The Morgan fingerprint density at radius 1 is 0.947 bits per heavy atom. The van der Waals surface area contributed by atoms with E-state index in [2.05, 4.69) is 23.3 Å². The van der Waals surface area contributed by atoms with Gasteiger partial charge in [0, 0.05) is 18.1 Å². The molecule has 0 fully saturated rings. The van der Waals surface area contributed by atoms with E-state index in [9.17, 15) is 0 Å². The predicted molar refractivity (Wildman–Crippen MR) is 85.8 cm³/mol. The summed E-state index contributed by atoms with van der Waals surface area (Å²) in [6.07, 6.45) is 5.55. The minimum atomic E-state index is 0. The van der Waals surface area contributed by atoms with Gasteiger partial charge in [0.25, 0.3) is 0 Å². The average Bonchev–Trinajstić information content (AvgIpc) is 2.42. The monoisotopic (exact) mass is 272 g/mol. The van der Waals surface area contributed by atoms with Gasteiger partial charge in [-0.2, -0.15) is 0 Å². The first-order chi connectivity index (χ1) is 8.86. The van der Waals surface area contributed by atoms with Crippen molar-refractivity contribution < 1.29 is 0 Å². The second-order valence-corrected chi connectivity index (χ2v) is 3.93. The van der Waals surface area contributed by atoms with E-state index in [1.165, 1.54) is 5.56 Å². The highest BCUT2D eigenvalue weighted by Crippen LogP contribution is 2.16. The van der Waals surface area contributed by atoms with Crippen LogP contribution in [0.2, 0.25) is 0 Å². The summed E-state index contributed by atoms with van der Waals surface area (Å²) in [5.41, 5.74) is 3.25. The molecule has 98 valence electrons. The Hall–Kier alpha value is -2.06. The van der Waals surface area contributed by atoms with Crippen LogP contribution in [0, 0.1) is 6.92 Å². The number of hydrogen-bond donors (Lipinski definition) is 1. The molecule has 2 aromatic carbocycles. The molecule has 1 N–H and O–H groups in total. The number of halogens is 1. The summed E-state index contributed by atoms with van der Waals surface area (Å²) in [6, 6.07) is 18.1. The lowest BCUT2D eigenvalue weighted by Gasteiger charge is -1.98. The highest BCUT2D eigenvalue weighted by atomic mass is 35.5. The molecule has 3 heteroatoms. The molecule has 0 heterocycles. The number of para-hydroxylation sites is 2.